The molecule has 2 fully saturated rings. The van der Waals surface area contributed by atoms with Crippen molar-refractivity contribution in [2.24, 2.45) is 11.8 Å². The maximum atomic E-state index is 12.9. The van der Waals surface area contributed by atoms with E-state index in [0.29, 0.717) is 44.6 Å². The van der Waals surface area contributed by atoms with Crippen molar-refractivity contribution >= 4 is 17.7 Å². The number of rotatable bonds is 17. The van der Waals surface area contributed by atoms with Crippen LogP contribution in [0, 0.1) is 11.8 Å². The lowest BCUT2D eigenvalue weighted by molar-refractivity contribution is -0.145. The van der Waals surface area contributed by atoms with E-state index in [1.807, 2.05) is 61.5 Å². The summed E-state index contributed by atoms with van der Waals surface area (Å²) in [5, 5.41) is 2.99. The first-order chi connectivity index (χ1) is 23.4. The van der Waals surface area contributed by atoms with Gasteiger partial charge >= 0.3 is 6.09 Å². The van der Waals surface area contributed by atoms with Gasteiger partial charge in [-0.15, -0.1) is 0 Å². The highest BCUT2D eigenvalue weighted by molar-refractivity contribution is 5.91. The standard InChI is InChI=1S/C39H51N3O6/c1-4-42(28-38(45-2)46-3)37(43)19-22-47-21-18-30-12-10-11-29(23-30)17-20-41-26-32-24-34(25-33(32)27-41)48-39(44)40-36-16-9-8-15-35(36)31-13-6-5-7-14-31/h5-16,23,32-34,38H,4,17-22,24-28H2,1-3H3,(H,40,44). The summed E-state index contributed by atoms with van der Waals surface area (Å²) in [7, 11) is 3.15. The summed E-state index contributed by atoms with van der Waals surface area (Å²) < 4.78 is 22.2. The number of ether oxygens (including phenoxy) is 4. The van der Waals surface area contributed by atoms with Crippen molar-refractivity contribution in [2.75, 3.05) is 65.5 Å². The van der Waals surface area contributed by atoms with Gasteiger partial charge in [-0.3, -0.25) is 10.1 Å². The predicted molar refractivity (Wildman–Crippen MR) is 188 cm³/mol. The lowest BCUT2D eigenvalue weighted by atomic mass is 10.0. The van der Waals surface area contributed by atoms with E-state index in [1.165, 1.54) is 11.1 Å². The van der Waals surface area contributed by atoms with Crippen LogP contribution >= 0.6 is 0 Å². The number of methoxy groups -OCH3 is 2. The quantitative estimate of drug-likeness (QED) is 0.135. The van der Waals surface area contributed by atoms with Crippen LogP contribution in [-0.4, -0.2) is 94.4 Å². The number of amides is 2. The zero-order valence-electron chi connectivity index (χ0n) is 28.6. The lowest BCUT2D eigenvalue weighted by Crippen LogP contribution is -2.39. The first-order valence-corrected chi connectivity index (χ1v) is 17.3. The summed E-state index contributed by atoms with van der Waals surface area (Å²) in [5.74, 6) is 1.18. The van der Waals surface area contributed by atoms with Crippen molar-refractivity contribution in [1.29, 1.82) is 0 Å². The number of anilines is 1. The van der Waals surface area contributed by atoms with Crippen molar-refractivity contribution in [3.8, 4) is 11.1 Å². The molecule has 5 rings (SSSR count). The van der Waals surface area contributed by atoms with Gasteiger partial charge in [0.15, 0.2) is 6.29 Å². The molecule has 0 aromatic heterocycles. The van der Waals surface area contributed by atoms with Gasteiger partial charge in [0.2, 0.25) is 5.91 Å². The molecular weight excluding hydrogens is 606 g/mol. The topological polar surface area (TPSA) is 89.6 Å². The molecule has 1 aliphatic heterocycles. The van der Waals surface area contributed by atoms with E-state index >= 15 is 0 Å². The molecule has 9 nitrogen and oxygen atoms in total. The number of likely N-dealkylation sites (N-methyl/N-ethyl adjacent to an activating group) is 1. The molecule has 0 spiro atoms. The molecule has 2 amide bonds. The van der Waals surface area contributed by atoms with Crippen LogP contribution in [0.1, 0.15) is 37.3 Å². The lowest BCUT2D eigenvalue weighted by Gasteiger charge is -2.25. The van der Waals surface area contributed by atoms with Crippen LogP contribution in [0.2, 0.25) is 0 Å². The van der Waals surface area contributed by atoms with Gasteiger partial charge in [0, 0.05) is 46.0 Å². The SMILES string of the molecule is CCN(CC(OC)OC)C(=O)CCOCCc1cccc(CCN2CC3CC(OC(=O)Nc4ccccc4-c4ccccc4)CC3C2)c1. The molecule has 0 bridgehead atoms. The second kappa shape index (κ2) is 18.1. The number of carbonyl (C=O) groups excluding carboxylic acids is 2. The van der Waals surface area contributed by atoms with Gasteiger partial charge in [-0.2, -0.15) is 0 Å². The molecule has 1 heterocycles. The molecule has 1 aliphatic carbocycles. The third-order valence-electron chi connectivity index (χ3n) is 9.64. The molecule has 2 aliphatic rings. The molecule has 3 aromatic rings. The largest absolute Gasteiger partial charge is 0.446 e. The van der Waals surface area contributed by atoms with E-state index in [1.54, 1.807) is 19.1 Å². The molecule has 1 saturated heterocycles. The van der Waals surface area contributed by atoms with Crippen molar-refractivity contribution in [3.63, 3.8) is 0 Å². The first kappa shape index (κ1) is 35.5. The number of nitrogens with one attached hydrogen (secondary N) is 1. The summed E-state index contributed by atoms with van der Waals surface area (Å²) >= 11 is 0. The Morgan fingerprint density at radius 2 is 1.56 bits per heavy atom. The zero-order chi connectivity index (χ0) is 33.7. The van der Waals surface area contributed by atoms with Crippen molar-refractivity contribution in [1.82, 2.24) is 9.80 Å². The molecule has 0 radical (unpaired) electrons. The summed E-state index contributed by atoms with van der Waals surface area (Å²) in [4.78, 5) is 29.7. The van der Waals surface area contributed by atoms with Gasteiger partial charge in [-0.1, -0.05) is 72.8 Å². The van der Waals surface area contributed by atoms with Gasteiger partial charge in [-0.25, -0.2) is 4.79 Å². The zero-order valence-corrected chi connectivity index (χ0v) is 28.6. The highest BCUT2D eigenvalue weighted by Crippen LogP contribution is 2.39. The average molecular weight is 658 g/mol. The number of carbonyl (C=O) groups is 2. The fraction of sp³-hybridized carbons (Fsp3) is 0.487. The normalized spacial score (nSPS) is 19.0. The fourth-order valence-corrected chi connectivity index (χ4v) is 7.04. The number of benzene rings is 3. The van der Waals surface area contributed by atoms with Gasteiger partial charge in [0.05, 0.1) is 31.9 Å². The van der Waals surface area contributed by atoms with Crippen LogP contribution in [0.5, 0.6) is 0 Å². The first-order valence-electron chi connectivity index (χ1n) is 17.3. The van der Waals surface area contributed by atoms with Crippen molar-refractivity contribution < 1.29 is 28.5 Å². The van der Waals surface area contributed by atoms with Crippen LogP contribution < -0.4 is 5.32 Å². The van der Waals surface area contributed by atoms with Crippen LogP contribution in [0.4, 0.5) is 10.5 Å². The third-order valence-corrected chi connectivity index (χ3v) is 9.64. The minimum Gasteiger partial charge on any atom is -0.446 e. The van der Waals surface area contributed by atoms with Gasteiger partial charge in [0.25, 0.3) is 0 Å². The van der Waals surface area contributed by atoms with Crippen LogP contribution in [-0.2, 0) is 36.6 Å². The number of fused-ring (bicyclic) bond motifs is 1. The number of hydrogen-bond donors (Lipinski definition) is 1. The molecule has 1 saturated carbocycles. The summed E-state index contributed by atoms with van der Waals surface area (Å²) in [5.41, 5.74) is 5.39. The molecule has 1 N–H and O–H groups in total. The summed E-state index contributed by atoms with van der Waals surface area (Å²) in [6.45, 7) is 7.09. The van der Waals surface area contributed by atoms with E-state index in [0.717, 1.165) is 62.1 Å². The number of hydrogen-bond acceptors (Lipinski definition) is 7. The van der Waals surface area contributed by atoms with Gasteiger partial charge in [-0.05, 0) is 67.2 Å². The molecule has 258 valence electrons. The Morgan fingerprint density at radius 3 is 2.27 bits per heavy atom. The van der Waals surface area contributed by atoms with Crippen molar-refractivity contribution in [3.05, 3.63) is 90.0 Å². The van der Waals surface area contributed by atoms with Crippen LogP contribution in [0.3, 0.4) is 0 Å². The number of para-hydroxylation sites is 1. The molecular formula is C39H51N3O6. The molecule has 2 atom stereocenters. The third kappa shape index (κ3) is 10.1. The smallest absolute Gasteiger partial charge is 0.411 e. The van der Waals surface area contributed by atoms with Crippen LogP contribution in [0.15, 0.2) is 78.9 Å². The Balaban J connectivity index is 0.982. The van der Waals surface area contributed by atoms with Gasteiger partial charge in [0.1, 0.15) is 6.10 Å². The number of nitrogens with zero attached hydrogens (tertiary/aromatic N) is 2. The second-order valence-corrected chi connectivity index (χ2v) is 12.8. The second-order valence-electron chi connectivity index (χ2n) is 12.8. The Labute approximate surface area is 285 Å². The maximum absolute atomic E-state index is 12.9. The summed E-state index contributed by atoms with van der Waals surface area (Å²) in [6, 6.07) is 26.7. The minimum absolute atomic E-state index is 0.0349. The minimum atomic E-state index is -0.422. The Bertz CT molecular complexity index is 1430. The van der Waals surface area contributed by atoms with Gasteiger partial charge < -0.3 is 28.7 Å². The fourth-order valence-electron chi connectivity index (χ4n) is 7.04. The van der Waals surface area contributed by atoms with E-state index < -0.39 is 6.29 Å². The monoisotopic (exact) mass is 657 g/mol. The Hall–Kier alpha value is -3.76. The van der Waals surface area contributed by atoms with E-state index in [-0.39, 0.29) is 18.1 Å². The predicted octanol–water partition coefficient (Wildman–Crippen LogP) is 6.27. The molecule has 3 aromatic carbocycles. The van der Waals surface area contributed by atoms with E-state index in [2.05, 4.69) is 34.5 Å². The highest BCUT2D eigenvalue weighted by atomic mass is 16.7. The van der Waals surface area contributed by atoms with Crippen LogP contribution in [0.25, 0.3) is 11.1 Å². The summed E-state index contributed by atoms with van der Waals surface area (Å²) in [6.07, 6.45) is 3.18. The highest BCUT2D eigenvalue weighted by Gasteiger charge is 2.42. The molecule has 2 unspecified atom stereocenters. The number of likely N-dealkylation sites (tertiary alicyclic amines) is 1. The molecule has 48 heavy (non-hydrogen) atoms. The Morgan fingerprint density at radius 1 is 0.875 bits per heavy atom. The van der Waals surface area contributed by atoms with E-state index in [4.69, 9.17) is 18.9 Å². The molecule has 9 heteroatoms. The average Bonchev–Trinajstić information content (AvgIpc) is 3.66. The van der Waals surface area contributed by atoms with Crippen molar-refractivity contribution in [2.45, 2.75) is 51.4 Å². The Kier molecular flexibility index (Phi) is 13.4. The van der Waals surface area contributed by atoms with E-state index in [9.17, 15) is 9.59 Å². The maximum Gasteiger partial charge on any atom is 0.411 e.